The van der Waals surface area contributed by atoms with Gasteiger partial charge in [-0.15, -0.1) is 0 Å². The highest BCUT2D eigenvalue weighted by atomic mass is 19.1. The number of rotatable bonds is 3. The number of hydrogen-bond donors (Lipinski definition) is 2. The molecular weight excluding hydrogens is 219 g/mol. The van der Waals surface area contributed by atoms with Gasteiger partial charge in [-0.25, -0.2) is 4.39 Å². The van der Waals surface area contributed by atoms with Gasteiger partial charge in [0.05, 0.1) is 6.10 Å². The molecule has 1 heterocycles. The van der Waals surface area contributed by atoms with E-state index < -0.39 is 0 Å². The summed E-state index contributed by atoms with van der Waals surface area (Å²) in [5.74, 6) is -0.198. The van der Waals surface area contributed by atoms with Gasteiger partial charge >= 0.3 is 0 Å². The molecule has 4 heteroatoms. The molecule has 1 aromatic carbocycles. The summed E-state index contributed by atoms with van der Waals surface area (Å²) in [7, 11) is 0. The van der Waals surface area contributed by atoms with E-state index in [0.717, 1.165) is 31.7 Å². The van der Waals surface area contributed by atoms with Gasteiger partial charge in [-0.1, -0.05) is 12.1 Å². The maximum absolute atomic E-state index is 12.8. The molecule has 0 saturated carbocycles. The Balaban J connectivity index is 1.92. The maximum Gasteiger partial charge on any atom is 0.123 e. The van der Waals surface area contributed by atoms with Crippen molar-refractivity contribution >= 4 is 0 Å². The van der Waals surface area contributed by atoms with E-state index in [4.69, 9.17) is 0 Å². The molecule has 94 valence electrons. The summed E-state index contributed by atoms with van der Waals surface area (Å²) in [5.41, 5.74) is 1.11. The van der Waals surface area contributed by atoms with E-state index in [-0.39, 0.29) is 18.0 Å². The van der Waals surface area contributed by atoms with Crippen molar-refractivity contribution in [3.8, 4) is 0 Å². The van der Waals surface area contributed by atoms with Crippen LogP contribution in [-0.4, -0.2) is 41.8 Å². The first-order valence-corrected chi connectivity index (χ1v) is 6.03. The Morgan fingerprint density at radius 1 is 1.47 bits per heavy atom. The molecule has 0 radical (unpaired) electrons. The van der Waals surface area contributed by atoms with Crippen molar-refractivity contribution < 1.29 is 9.50 Å². The topological polar surface area (TPSA) is 35.5 Å². The molecule has 1 fully saturated rings. The molecule has 2 rings (SSSR count). The van der Waals surface area contributed by atoms with Crippen LogP contribution in [-0.2, 0) is 6.54 Å². The Labute approximate surface area is 101 Å². The van der Waals surface area contributed by atoms with Crippen LogP contribution in [0.5, 0.6) is 0 Å². The summed E-state index contributed by atoms with van der Waals surface area (Å²) in [6.45, 7) is 5.29. The van der Waals surface area contributed by atoms with Gasteiger partial charge in [-0.2, -0.15) is 0 Å². The second-order valence-corrected chi connectivity index (χ2v) is 4.66. The lowest BCUT2D eigenvalue weighted by Crippen LogP contribution is -2.54. The van der Waals surface area contributed by atoms with Gasteiger partial charge in [-0.05, 0) is 24.6 Å². The number of nitrogens with zero attached hydrogens (tertiary/aromatic N) is 1. The monoisotopic (exact) mass is 238 g/mol. The Morgan fingerprint density at radius 2 is 2.18 bits per heavy atom. The molecule has 2 atom stereocenters. The van der Waals surface area contributed by atoms with Crippen LogP contribution in [0.2, 0.25) is 0 Å². The third-order valence-electron chi connectivity index (χ3n) is 3.19. The molecule has 1 unspecified atom stereocenters. The van der Waals surface area contributed by atoms with E-state index >= 15 is 0 Å². The minimum absolute atomic E-state index is 0.129. The number of aliphatic hydroxyl groups is 1. The van der Waals surface area contributed by atoms with Crippen LogP contribution in [0, 0.1) is 5.82 Å². The lowest BCUT2D eigenvalue weighted by molar-refractivity contribution is 0.0887. The summed E-state index contributed by atoms with van der Waals surface area (Å²) < 4.78 is 12.8. The molecular formula is C13H19FN2O. The van der Waals surface area contributed by atoms with Crippen molar-refractivity contribution in [2.75, 3.05) is 19.6 Å². The van der Waals surface area contributed by atoms with Crippen molar-refractivity contribution in [3.05, 3.63) is 35.6 Å². The van der Waals surface area contributed by atoms with Crippen LogP contribution >= 0.6 is 0 Å². The van der Waals surface area contributed by atoms with Crippen molar-refractivity contribution in [2.24, 2.45) is 0 Å². The van der Waals surface area contributed by atoms with Crippen LogP contribution in [0.4, 0.5) is 4.39 Å². The van der Waals surface area contributed by atoms with Crippen LogP contribution in [0.15, 0.2) is 24.3 Å². The number of aliphatic hydroxyl groups excluding tert-OH is 1. The lowest BCUT2D eigenvalue weighted by Gasteiger charge is -2.35. The standard InChI is InChI=1S/C13H19FN2O/c1-10(17)13-9-16(7-6-15-13)8-11-2-4-12(14)5-3-11/h2-5,10,13,15,17H,6-9H2,1H3/t10?,13-/m0/s1. The number of benzene rings is 1. The Hall–Kier alpha value is -0.970. The van der Waals surface area contributed by atoms with Crippen LogP contribution in [0.3, 0.4) is 0 Å². The number of halogens is 1. The van der Waals surface area contributed by atoms with Gasteiger partial charge in [0.25, 0.3) is 0 Å². The van der Waals surface area contributed by atoms with Crippen molar-refractivity contribution in [1.82, 2.24) is 10.2 Å². The average molecular weight is 238 g/mol. The number of hydrogen-bond acceptors (Lipinski definition) is 3. The molecule has 0 bridgehead atoms. The summed E-state index contributed by atoms with van der Waals surface area (Å²) in [4.78, 5) is 2.28. The molecule has 17 heavy (non-hydrogen) atoms. The SMILES string of the molecule is CC(O)[C@@H]1CN(Cc2ccc(F)cc2)CCN1. The minimum Gasteiger partial charge on any atom is -0.392 e. The number of piperazine rings is 1. The van der Waals surface area contributed by atoms with Gasteiger partial charge in [-0.3, -0.25) is 4.90 Å². The fraction of sp³-hybridized carbons (Fsp3) is 0.538. The van der Waals surface area contributed by atoms with Crippen molar-refractivity contribution in [1.29, 1.82) is 0 Å². The third-order valence-corrected chi connectivity index (χ3v) is 3.19. The zero-order valence-corrected chi connectivity index (χ0v) is 10.1. The Morgan fingerprint density at radius 3 is 2.82 bits per heavy atom. The quantitative estimate of drug-likeness (QED) is 0.824. The summed E-state index contributed by atoms with van der Waals surface area (Å²) in [5, 5.41) is 12.9. The van der Waals surface area contributed by atoms with Gasteiger partial charge in [0.1, 0.15) is 5.82 Å². The molecule has 3 nitrogen and oxygen atoms in total. The molecule has 1 aliphatic rings. The van der Waals surface area contributed by atoms with Gasteiger partial charge < -0.3 is 10.4 Å². The zero-order valence-electron chi connectivity index (χ0n) is 10.1. The van der Waals surface area contributed by atoms with Crippen LogP contribution in [0.25, 0.3) is 0 Å². The Kier molecular flexibility index (Phi) is 4.10. The van der Waals surface area contributed by atoms with Crippen molar-refractivity contribution in [2.45, 2.75) is 25.6 Å². The largest absolute Gasteiger partial charge is 0.392 e. The van der Waals surface area contributed by atoms with Crippen molar-refractivity contribution in [3.63, 3.8) is 0 Å². The molecule has 2 N–H and O–H groups in total. The van der Waals surface area contributed by atoms with E-state index in [0.29, 0.717) is 0 Å². The summed E-state index contributed by atoms with van der Waals surface area (Å²) >= 11 is 0. The smallest absolute Gasteiger partial charge is 0.123 e. The highest BCUT2D eigenvalue weighted by Crippen LogP contribution is 2.10. The highest BCUT2D eigenvalue weighted by molar-refractivity contribution is 5.16. The fourth-order valence-corrected chi connectivity index (χ4v) is 2.16. The maximum atomic E-state index is 12.8. The minimum atomic E-state index is -0.342. The van der Waals surface area contributed by atoms with Crippen LogP contribution in [0.1, 0.15) is 12.5 Å². The molecule has 0 aromatic heterocycles. The van der Waals surface area contributed by atoms with Gasteiger partial charge in [0.2, 0.25) is 0 Å². The lowest BCUT2D eigenvalue weighted by atomic mass is 10.1. The Bertz CT molecular complexity index is 353. The summed E-state index contributed by atoms with van der Waals surface area (Å²) in [6.07, 6.45) is -0.342. The molecule has 1 aliphatic heterocycles. The molecule has 0 aliphatic carbocycles. The van der Waals surface area contributed by atoms with E-state index in [2.05, 4.69) is 10.2 Å². The third kappa shape index (κ3) is 3.49. The first-order chi connectivity index (χ1) is 8.15. The van der Waals surface area contributed by atoms with E-state index in [1.807, 2.05) is 12.1 Å². The average Bonchev–Trinajstić information content (AvgIpc) is 2.32. The van der Waals surface area contributed by atoms with E-state index in [9.17, 15) is 9.50 Å². The fourth-order valence-electron chi connectivity index (χ4n) is 2.16. The predicted molar refractivity (Wildman–Crippen MR) is 65.1 cm³/mol. The highest BCUT2D eigenvalue weighted by Gasteiger charge is 2.22. The number of nitrogens with one attached hydrogen (secondary N) is 1. The molecule has 1 saturated heterocycles. The zero-order chi connectivity index (χ0) is 12.3. The van der Waals surface area contributed by atoms with Gasteiger partial charge in [0, 0.05) is 32.2 Å². The second-order valence-electron chi connectivity index (χ2n) is 4.66. The first kappa shape index (κ1) is 12.5. The normalized spacial score (nSPS) is 23.6. The van der Waals surface area contributed by atoms with E-state index in [1.54, 1.807) is 6.92 Å². The van der Waals surface area contributed by atoms with E-state index in [1.165, 1.54) is 12.1 Å². The van der Waals surface area contributed by atoms with Gasteiger partial charge in [0.15, 0.2) is 0 Å². The predicted octanol–water partition coefficient (Wildman–Crippen LogP) is 0.980. The molecule has 0 spiro atoms. The summed E-state index contributed by atoms with van der Waals surface area (Å²) in [6, 6.07) is 6.74. The first-order valence-electron chi connectivity index (χ1n) is 6.03. The van der Waals surface area contributed by atoms with Crippen LogP contribution < -0.4 is 5.32 Å². The molecule has 1 aromatic rings. The second kappa shape index (κ2) is 5.58. The molecule has 0 amide bonds.